The van der Waals surface area contributed by atoms with Crippen molar-refractivity contribution < 1.29 is 23.7 Å². The second-order valence-corrected chi connectivity index (χ2v) is 14.5. The number of benzene rings is 2. The molecule has 1 aliphatic heterocycles. The zero-order chi connectivity index (χ0) is 36.2. The molecule has 266 valence electrons. The van der Waals surface area contributed by atoms with E-state index < -0.39 is 17.7 Å². The maximum Gasteiger partial charge on any atom is 0.339 e. The number of rotatable bonds is 13. The minimum Gasteiger partial charge on any atom is -0.490 e. The molecule has 1 fully saturated rings. The van der Waals surface area contributed by atoms with Crippen LogP contribution < -0.4 is 9.64 Å². The largest absolute Gasteiger partial charge is 0.490 e. The Morgan fingerprint density at radius 3 is 2.46 bits per heavy atom. The molecule has 0 amide bonds. The Morgan fingerprint density at radius 2 is 1.80 bits per heavy atom. The summed E-state index contributed by atoms with van der Waals surface area (Å²) >= 11 is 6.39. The summed E-state index contributed by atoms with van der Waals surface area (Å²) in [4.78, 5) is 20.6. The number of methoxy groups -OCH3 is 1. The van der Waals surface area contributed by atoms with Crippen LogP contribution in [0.15, 0.2) is 73.8 Å². The molecule has 0 aliphatic carbocycles. The standard InChI is InChI=1S/C40H49ClN4O5/c1-10-13-26(3)49-33-24-30(41)16-17-31(33)28-14-12-15-29(23-28)32-25-34-42-27(4)35(36(38(46)47-9)50-39(5,6)7)37(45(34)43-32)44-20-18-40(8,19-21-44)48-22-11-2/h10-12,14-17,23-26,36H,1-2,13,18-22H2,3-9H3/t26-,36?/m0/s1. The maximum absolute atomic E-state index is 13.4. The fourth-order valence-corrected chi connectivity index (χ4v) is 6.49. The van der Waals surface area contributed by atoms with Crippen LogP contribution in [0.5, 0.6) is 5.75 Å². The minimum atomic E-state index is -1.01. The van der Waals surface area contributed by atoms with E-state index in [1.165, 1.54) is 7.11 Å². The summed E-state index contributed by atoms with van der Waals surface area (Å²) < 4.78 is 26.0. The summed E-state index contributed by atoms with van der Waals surface area (Å²) in [7, 11) is 1.38. The lowest BCUT2D eigenvalue weighted by molar-refractivity contribution is -0.164. The number of hydrogen-bond donors (Lipinski definition) is 0. The van der Waals surface area contributed by atoms with Crippen LogP contribution in [0.1, 0.15) is 71.2 Å². The fraction of sp³-hybridized carbons (Fsp3) is 0.425. The van der Waals surface area contributed by atoms with Crippen LogP contribution in [0.25, 0.3) is 28.0 Å². The normalized spacial score (nSPS) is 15.8. The summed E-state index contributed by atoms with van der Waals surface area (Å²) in [6.07, 6.45) is 4.81. The number of fused-ring (bicyclic) bond motifs is 1. The Balaban J connectivity index is 1.64. The molecule has 50 heavy (non-hydrogen) atoms. The third-order valence-corrected chi connectivity index (χ3v) is 9.10. The van der Waals surface area contributed by atoms with Gasteiger partial charge in [0.25, 0.3) is 0 Å². The summed E-state index contributed by atoms with van der Waals surface area (Å²) in [6.45, 7) is 21.3. The molecule has 0 spiro atoms. The molecule has 2 aromatic heterocycles. The second-order valence-electron chi connectivity index (χ2n) is 14.1. The molecule has 2 aromatic carbocycles. The Bertz CT molecular complexity index is 1850. The van der Waals surface area contributed by atoms with Gasteiger partial charge in [-0.15, -0.1) is 13.2 Å². The van der Waals surface area contributed by atoms with Crippen LogP contribution in [-0.4, -0.2) is 64.7 Å². The number of aryl methyl sites for hydroxylation is 1. The van der Waals surface area contributed by atoms with Gasteiger partial charge >= 0.3 is 5.97 Å². The van der Waals surface area contributed by atoms with Crippen molar-refractivity contribution >= 4 is 29.0 Å². The van der Waals surface area contributed by atoms with E-state index in [-0.39, 0.29) is 11.7 Å². The molecule has 0 radical (unpaired) electrons. The van der Waals surface area contributed by atoms with Crippen LogP contribution in [0.2, 0.25) is 5.02 Å². The molecule has 9 nitrogen and oxygen atoms in total. The summed E-state index contributed by atoms with van der Waals surface area (Å²) in [6, 6.07) is 15.8. The maximum atomic E-state index is 13.4. The van der Waals surface area contributed by atoms with Crippen molar-refractivity contribution in [3.05, 3.63) is 90.1 Å². The Labute approximate surface area is 300 Å². The number of anilines is 1. The zero-order valence-corrected chi connectivity index (χ0v) is 31.0. The number of hydrogen-bond acceptors (Lipinski definition) is 8. The van der Waals surface area contributed by atoms with E-state index >= 15 is 0 Å². The van der Waals surface area contributed by atoms with Crippen LogP contribution in [-0.2, 0) is 19.0 Å². The second kappa shape index (κ2) is 15.4. The van der Waals surface area contributed by atoms with E-state index in [2.05, 4.69) is 31.0 Å². The van der Waals surface area contributed by atoms with Gasteiger partial charge in [-0.25, -0.2) is 9.78 Å². The SMILES string of the molecule is C=CCOC1(C)CCN(c2c(C(OC(C)(C)C)C(=O)OC)c(C)nc3cc(-c4cccc(-c5ccc(Cl)cc5O[C@@H](C)CC=C)c4)nn23)CC1. The highest BCUT2D eigenvalue weighted by Crippen LogP contribution is 2.40. The highest BCUT2D eigenvalue weighted by atomic mass is 35.5. The number of nitrogens with zero attached hydrogens (tertiary/aromatic N) is 4. The smallest absolute Gasteiger partial charge is 0.339 e. The van der Waals surface area contributed by atoms with Crippen molar-refractivity contribution in [3.8, 4) is 28.1 Å². The molecular weight excluding hydrogens is 652 g/mol. The predicted molar refractivity (Wildman–Crippen MR) is 200 cm³/mol. The lowest BCUT2D eigenvalue weighted by atomic mass is 9.92. The number of piperidine rings is 1. The third-order valence-electron chi connectivity index (χ3n) is 8.86. The van der Waals surface area contributed by atoms with Crippen LogP contribution in [0.4, 0.5) is 5.82 Å². The Hall–Kier alpha value is -4.18. The van der Waals surface area contributed by atoms with Gasteiger partial charge in [0.15, 0.2) is 11.8 Å². The van der Waals surface area contributed by atoms with Gasteiger partial charge in [0.1, 0.15) is 11.6 Å². The molecule has 4 aromatic rings. The van der Waals surface area contributed by atoms with Crippen molar-refractivity contribution in [1.29, 1.82) is 0 Å². The zero-order valence-electron chi connectivity index (χ0n) is 30.3. The van der Waals surface area contributed by atoms with Crippen molar-refractivity contribution in [1.82, 2.24) is 14.6 Å². The highest BCUT2D eigenvalue weighted by molar-refractivity contribution is 6.30. The first-order valence-electron chi connectivity index (χ1n) is 17.1. The lowest BCUT2D eigenvalue weighted by Crippen LogP contribution is -2.45. The average Bonchev–Trinajstić information content (AvgIpc) is 3.49. The van der Waals surface area contributed by atoms with E-state index in [9.17, 15) is 4.79 Å². The molecule has 1 aliphatic rings. The van der Waals surface area contributed by atoms with Gasteiger partial charge in [0, 0.05) is 47.4 Å². The Morgan fingerprint density at radius 1 is 1.08 bits per heavy atom. The van der Waals surface area contributed by atoms with Crippen molar-refractivity contribution in [2.75, 3.05) is 31.7 Å². The van der Waals surface area contributed by atoms with E-state index in [4.69, 9.17) is 40.6 Å². The van der Waals surface area contributed by atoms with Gasteiger partial charge < -0.3 is 23.8 Å². The average molecular weight is 701 g/mol. The van der Waals surface area contributed by atoms with E-state index in [1.807, 2.05) is 87.7 Å². The molecule has 10 heteroatoms. The molecule has 3 heterocycles. The Kier molecular flexibility index (Phi) is 11.4. The summed E-state index contributed by atoms with van der Waals surface area (Å²) in [5.41, 5.74) is 4.54. The molecule has 0 N–H and O–H groups in total. The minimum absolute atomic E-state index is 0.0643. The van der Waals surface area contributed by atoms with Gasteiger partial charge in [-0.3, -0.25) is 0 Å². The topological polar surface area (TPSA) is 87.4 Å². The van der Waals surface area contributed by atoms with E-state index in [1.54, 1.807) is 6.08 Å². The molecular formula is C40H49ClN4O5. The molecule has 5 rings (SSSR count). The van der Waals surface area contributed by atoms with E-state index in [0.717, 1.165) is 41.0 Å². The number of carbonyl (C=O) groups is 1. The summed E-state index contributed by atoms with van der Waals surface area (Å²) in [5, 5.41) is 5.75. The molecule has 1 saturated heterocycles. The molecule has 0 saturated carbocycles. The molecule has 1 unspecified atom stereocenters. The summed E-state index contributed by atoms with van der Waals surface area (Å²) in [5.74, 6) is 0.958. The number of halogens is 1. The monoisotopic (exact) mass is 700 g/mol. The van der Waals surface area contributed by atoms with Crippen molar-refractivity contribution in [2.24, 2.45) is 0 Å². The van der Waals surface area contributed by atoms with Crippen LogP contribution >= 0.6 is 11.6 Å². The number of esters is 1. The van der Waals surface area contributed by atoms with Gasteiger partial charge in [-0.2, -0.15) is 9.61 Å². The van der Waals surface area contributed by atoms with Gasteiger partial charge in [-0.05, 0) is 84.2 Å². The fourth-order valence-electron chi connectivity index (χ4n) is 6.33. The lowest BCUT2D eigenvalue weighted by Gasteiger charge is -2.41. The van der Waals surface area contributed by atoms with E-state index in [0.29, 0.717) is 53.8 Å². The van der Waals surface area contributed by atoms with Gasteiger partial charge in [0.2, 0.25) is 0 Å². The quantitative estimate of drug-likeness (QED) is 0.101. The molecule has 2 atom stereocenters. The van der Waals surface area contributed by atoms with Crippen LogP contribution in [0, 0.1) is 6.92 Å². The van der Waals surface area contributed by atoms with Crippen molar-refractivity contribution in [3.63, 3.8) is 0 Å². The third kappa shape index (κ3) is 8.40. The first kappa shape index (κ1) is 37.1. The number of ether oxygens (including phenoxy) is 4. The highest BCUT2D eigenvalue weighted by Gasteiger charge is 2.38. The van der Waals surface area contributed by atoms with Gasteiger partial charge in [-0.1, -0.05) is 42.0 Å². The van der Waals surface area contributed by atoms with Gasteiger partial charge in [0.05, 0.1) is 42.3 Å². The molecule has 0 bridgehead atoms. The number of carbonyl (C=O) groups excluding carboxylic acids is 1. The van der Waals surface area contributed by atoms with Crippen molar-refractivity contribution in [2.45, 2.75) is 84.2 Å². The number of aromatic nitrogens is 3. The first-order valence-corrected chi connectivity index (χ1v) is 17.5. The van der Waals surface area contributed by atoms with Crippen LogP contribution in [0.3, 0.4) is 0 Å². The predicted octanol–water partition coefficient (Wildman–Crippen LogP) is 8.96. The first-order chi connectivity index (χ1) is 23.8.